The zero-order chi connectivity index (χ0) is 12.0. The first kappa shape index (κ1) is 13.5. The molecule has 2 N–H and O–H groups in total. The maximum Gasteiger partial charge on any atom is 0.221 e. The highest BCUT2D eigenvalue weighted by Crippen LogP contribution is 2.28. The molecule has 3 nitrogen and oxygen atoms in total. The van der Waals surface area contributed by atoms with Crippen LogP contribution in [0.25, 0.3) is 0 Å². The zero-order valence-corrected chi connectivity index (χ0v) is 11.1. The molecule has 1 atom stereocenters. The van der Waals surface area contributed by atoms with Gasteiger partial charge in [-0.1, -0.05) is 18.5 Å². The number of amides is 1. The van der Waals surface area contributed by atoms with Crippen molar-refractivity contribution in [2.45, 2.75) is 25.8 Å². The molecular formula is C11H17ClN2OS. The van der Waals surface area contributed by atoms with Gasteiger partial charge in [0, 0.05) is 30.9 Å². The number of nitrogens with one attached hydrogen (secondary N) is 2. The van der Waals surface area contributed by atoms with Gasteiger partial charge in [0.15, 0.2) is 0 Å². The first-order chi connectivity index (χ1) is 7.67. The highest BCUT2D eigenvalue weighted by Gasteiger charge is 2.11. The van der Waals surface area contributed by atoms with E-state index in [2.05, 4.69) is 17.6 Å². The highest BCUT2D eigenvalue weighted by molar-refractivity contribution is 7.16. The van der Waals surface area contributed by atoms with Crippen LogP contribution in [0.4, 0.5) is 0 Å². The second-order valence-electron chi connectivity index (χ2n) is 3.48. The molecule has 1 rings (SSSR count). The molecule has 0 fully saturated rings. The molecule has 1 heterocycles. The van der Waals surface area contributed by atoms with Crippen molar-refractivity contribution in [3.05, 3.63) is 21.3 Å². The van der Waals surface area contributed by atoms with Crippen molar-refractivity contribution in [1.82, 2.24) is 10.6 Å². The molecule has 5 heteroatoms. The monoisotopic (exact) mass is 260 g/mol. The van der Waals surface area contributed by atoms with E-state index in [0.29, 0.717) is 19.0 Å². The molecule has 0 aliphatic carbocycles. The van der Waals surface area contributed by atoms with E-state index < -0.39 is 0 Å². The van der Waals surface area contributed by atoms with E-state index in [-0.39, 0.29) is 5.91 Å². The molecule has 0 aliphatic rings. The van der Waals surface area contributed by atoms with Crippen LogP contribution in [-0.2, 0) is 4.79 Å². The molecule has 1 aromatic rings. The lowest BCUT2D eigenvalue weighted by Gasteiger charge is -2.14. The summed E-state index contributed by atoms with van der Waals surface area (Å²) in [6.07, 6.45) is 1.50. The van der Waals surface area contributed by atoms with Crippen LogP contribution >= 0.6 is 22.9 Å². The Morgan fingerprint density at radius 1 is 1.56 bits per heavy atom. The number of hydrogen-bond donors (Lipinski definition) is 2. The number of rotatable bonds is 6. The lowest BCUT2D eigenvalue weighted by molar-refractivity contribution is -0.120. The fourth-order valence-corrected chi connectivity index (χ4v) is 2.67. The molecule has 0 spiro atoms. The fraction of sp³-hybridized carbons (Fsp3) is 0.545. The van der Waals surface area contributed by atoms with Crippen LogP contribution in [0.1, 0.15) is 30.7 Å². The maximum atomic E-state index is 11.1. The zero-order valence-electron chi connectivity index (χ0n) is 9.55. The molecule has 1 amide bonds. The van der Waals surface area contributed by atoms with Crippen LogP contribution < -0.4 is 10.6 Å². The van der Waals surface area contributed by atoms with Crippen molar-refractivity contribution in [2.75, 3.05) is 13.6 Å². The molecule has 1 aromatic heterocycles. The van der Waals surface area contributed by atoms with Crippen molar-refractivity contribution in [3.8, 4) is 0 Å². The summed E-state index contributed by atoms with van der Waals surface area (Å²) in [6, 6.07) is 4.24. The van der Waals surface area contributed by atoms with Crippen LogP contribution in [0.15, 0.2) is 12.1 Å². The lowest BCUT2D eigenvalue weighted by atomic mass is 10.2. The van der Waals surface area contributed by atoms with Gasteiger partial charge in [0.1, 0.15) is 0 Å². The van der Waals surface area contributed by atoms with Gasteiger partial charge in [-0.25, -0.2) is 0 Å². The number of thiophene rings is 1. The second kappa shape index (κ2) is 6.89. The smallest absolute Gasteiger partial charge is 0.221 e. The molecule has 0 radical (unpaired) electrons. The van der Waals surface area contributed by atoms with Crippen LogP contribution in [0, 0.1) is 0 Å². The van der Waals surface area contributed by atoms with Gasteiger partial charge in [0.2, 0.25) is 5.91 Å². The van der Waals surface area contributed by atoms with Crippen molar-refractivity contribution < 1.29 is 4.79 Å². The highest BCUT2D eigenvalue weighted by atomic mass is 35.5. The van der Waals surface area contributed by atoms with E-state index in [0.717, 1.165) is 10.8 Å². The minimum Gasteiger partial charge on any atom is -0.359 e. The molecule has 0 aliphatic heterocycles. The molecule has 1 unspecified atom stereocenters. The van der Waals surface area contributed by atoms with Crippen molar-refractivity contribution in [1.29, 1.82) is 0 Å². The molecular weight excluding hydrogens is 244 g/mol. The summed E-state index contributed by atoms with van der Waals surface area (Å²) in [5.74, 6) is 0.0616. The topological polar surface area (TPSA) is 41.1 Å². The van der Waals surface area contributed by atoms with Gasteiger partial charge in [-0.3, -0.25) is 4.79 Å². The summed E-state index contributed by atoms with van der Waals surface area (Å²) < 4.78 is 0.807. The Hall–Kier alpha value is -0.580. The van der Waals surface area contributed by atoms with Gasteiger partial charge in [0.25, 0.3) is 0 Å². The van der Waals surface area contributed by atoms with Crippen molar-refractivity contribution >= 4 is 28.8 Å². The molecule has 90 valence electrons. The molecule has 0 bridgehead atoms. The summed E-state index contributed by atoms with van der Waals surface area (Å²) in [5, 5.41) is 5.96. The third-order valence-electron chi connectivity index (χ3n) is 2.37. The van der Waals surface area contributed by atoms with Gasteiger partial charge < -0.3 is 10.6 Å². The Morgan fingerprint density at radius 3 is 2.81 bits per heavy atom. The Labute approximate surface area is 105 Å². The van der Waals surface area contributed by atoms with E-state index in [4.69, 9.17) is 11.6 Å². The van der Waals surface area contributed by atoms with Crippen LogP contribution in [-0.4, -0.2) is 19.5 Å². The Morgan fingerprint density at radius 2 is 2.31 bits per heavy atom. The first-order valence-corrected chi connectivity index (χ1v) is 6.56. The van der Waals surface area contributed by atoms with E-state index in [9.17, 15) is 4.79 Å². The normalized spacial score (nSPS) is 12.4. The van der Waals surface area contributed by atoms with Gasteiger partial charge in [0.05, 0.1) is 4.34 Å². The van der Waals surface area contributed by atoms with Crippen LogP contribution in [0.5, 0.6) is 0 Å². The molecule has 0 saturated carbocycles. The minimum atomic E-state index is 0.0616. The largest absolute Gasteiger partial charge is 0.359 e. The van der Waals surface area contributed by atoms with Gasteiger partial charge in [-0.05, 0) is 18.6 Å². The van der Waals surface area contributed by atoms with E-state index in [1.807, 2.05) is 12.1 Å². The average Bonchev–Trinajstić information content (AvgIpc) is 2.70. The van der Waals surface area contributed by atoms with E-state index in [1.54, 1.807) is 18.4 Å². The number of hydrogen-bond acceptors (Lipinski definition) is 3. The summed E-state index contributed by atoms with van der Waals surface area (Å²) >= 11 is 7.48. The van der Waals surface area contributed by atoms with Crippen molar-refractivity contribution in [3.63, 3.8) is 0 Å². The second-order valence-corrected chi connectivity index (χ2v) is 5.23. The summed E-state index contributed by atoms with van der Waals surface area (Å²) in [6.45, 7) is 2.80. The Kier molecular flexibility index (Phi) is 5.80. The number of carbonyl (C=O) groups excluding carboxylic acids is 1. The maximum absolute atomic E-state index is 11.1. The SMILES string of the molecule is CCC(NCCC(=O)NC)c1ccc(Cl)s1. The molecule has 16 heavy (non-hydrogen) atoms. The van der Waals surface area contributed by atoms with E-state index in [1.165, 1.54) is 4.88 Å². The minimum absolute atomic E-state index is 0.0616. The summed E-state index contributed by atoms with van der Waals surface area (Å²) in [7, 11) is 1.65. The first-order valence-electron chi connectivity index (χ1n) is 5.36. The van der Waals surface area contributed by atoms with Crippen molar-refractivity contribution in [2.24, 2.45) is 0 Å². The summed E-state index contributed by atoms with van der Waals surface area (Å²) in [4.78, 5) is 12.3. The molecule has 0 saturated heterocycles. The standard InChI is InChI=1S/C11H17ClN2OS/c1-3-8(9-4-5-10(12)16-9)14-7-6-11(15)13-2/h4-5,8,14H,3,6-7H2,1-2H3,(H,13,15). The average molecular weight is 261 g/mol. The van der Waals surface area contributed by atoms with E-state index >= 15 is 0 Å². The molecule has 0 aromatic carbocycles. The number of halogens is 1. The third-order valence-corrected chi connectivity index (χ3v) is 3.71. The van der Waals surface area contributed by atoms with Gasteiger partial charge in [-0.15, -0.1) is 11.3 Å². The fourth-order valence-electron chi connectivity index (χ4n) is 1.45. The number of carbonyl (C=O) groups is 1. The van der Waals surface area contributed by atoms with Gasteiger partial charge >= 0.3 is 0 Å². The predicted molar refractivity (Wildman–Crippen MR) is 69.0 cm³/mol. The lowest BCUT2D eigenvalue weighted by Crippen LogP contribution is -2.27. The quantitative estimate of drug-likeness (QED) is 0.826. The third kappa shape index (κ3) is 4.12. The van der Waals surface area contributed by atoms with Gasteiger partial charge in [-0.2, -0.15) is 0 Å². The summed E-state index contributed by atoms with van der Waals surface area (Å²) in [5.41, 5.74) is 0. The predicted octanol–water partition coefficient (Wildman–Crippen LogP) is 2.58. The Bertz CT molecular complexity index is 340. The Balaban J connectivity index is 2.41. The van der Waals surface area contributed by atoms with Crippen LogP contribution in [0.2, 0.25) is 4.34 Å². The van der Waals surface area contributed by atoms with Crippen LogP contribution in [0.3, 0.4) is 0 Å².